The van der Waals surface area contributed by atoms with Gasteiger partial charge in [0.05, 0.1) is 7.11 Å². The molecule has 1 N–H and O–H groups in total. The van der Waals surface area contributed by atoms with Crippen LogP contribution in [0.2, 0.25) is 0 Å². The minimum atomic E-state index is 0.424. The van der Waals surface area contributed by atoms with E-state index < -0.39 is 0 Å². The summed E-state index contributed by atoms with van der Waals surface area (Å²) in [4.78, 5) is 0. The molecule has 1 atom stereocenters. The normalized spacial score (nSPS) is 17.3. The predicted octanol–water partition coefficient (Wildman–Crippen LogP) is 4.62. The highest BCUT2D eigenvalue weighted by molar-refractivity contribution is 9.10. The van der Waals surface area contributed by atoms with Gasteiger partial charge in [0, 0.05) is 17.1 Å². The van der Waals surface area contributed by atoms with Gasteiger partial charge in [0.15, 0.2) is 0 Å². The molecule has 110 valence electrons. The molecule has 0 aromatic heterocycles. The molecular formula is C18H20BrNO. The molecule has 0 bridgehead atoms. The van der Waals surface area contributed by atoms with Crippen molar-refractivity contribution in [2.24, 2.45) is 0 Å². The largest absolute Gasteiger partial charge is 0.497 e. The maximum atomic E-state index is 5.37. The van der Waals surface area contributed by atoms with Crippen LogP contribution >= 0.6 is 15.9 Å². The number of methoxy groups -OCH3 is 1. The van der Waals surface area contributed by atoms with Crippen molar-refractivity contribution in [3.8, 4) is 5.75 Å². The van der Waals surface area contributed by atoms with Crippen LogP contribution in [0.3, 0.4) is 0 Å². The monoisotopic (exact) mass is 345 g/mol. The fourth-order valence-corrected chi connectivity index (χ4v) is 3.22. The van der Waals surface area contributed by atoms with Gasteiger partial charge in [-0.15, -0.1) is 0 Å². The molecule has 1 unspecified atom stereocenters. The molecule has 0 amide bonds. The summed E-state index contributed by atoms with van der Waals surface area (Å²) in [5, 5.41) is 3.69. The highest BCUT2D eigenvalue weighted by atomic mass is 79.9. The molecule has 3 rings (SSSR count). The Morgan fingerprint density at radius 3 is 2.76 bits per heavy atom. The smallest absolute Gasteiger partial charge is 0.119 e. The maximum Gasteiger partial charge on any atom is 0.119 e. The molecule has 2 aromatic carbocycles. The molecule has 0 saturated heterocycles. The summed E-state index contributed by atoms with van der Waals surface area (Å²) < 4.78 is 6.50. The zero-order valence-corrected chi connectivity index (χ0v) is 13.8. The van der Waals surface area contributed by atoms with Crippen molar-refractivity contribution in [1.29, 1.82) is 0 Å². The first kappa shape index (κ1) is 14.6. The van der Waals surface area contributed by atoms with Gasteiger partial charge in [0.2, 0.25) is 0 Å². The first-order chi connectivity index (χ1) is 10.3. The lowest BCUT2D eigenvalue weighted by atomic mass is 9.87. The summed E-state index contributed by atoms with van der Waals surface area (Å²) in [6, 6.07) is 15.4. The minimum absolute atomic E-state index is 0.424. The van der Waals surface area contributed by atoms with E-state index in [9.17, 15) is 0 Å². The SMILES string of the molecule is COc1ccc2c(c1)C(NCc1ccc(Br)cc1)CCC2. The van der Waals surface area contributed by atoms with Gasteiger partial charge in [0.25, 0.3) is 0 Å². The predicted molar refractivity (Wildman–Crippen MR) is 89.7 cm³/mol. The third kappa shape index (κ3) is 3.47. The van der Waals surface area contributed by atoms with E-state index >= 15 is 0 Å². The van der Waals surface area contributed by atoms with Gasteiger partial charge in [-0.3, -0.25) is 0 Å². The third-order valence-electron chi connectivity index (χ3n) is 4.13. The molecule has 2 nitrogen and oxygen atoms in total. The molecule has 0 spiro atoms. The van der Waals surface area contributed by atoms with E-state index in [2.05, 4.69) is 63.7 Å². The van der Waals surface area contributed by atoms with Crippen molar-refractivity contribution >= 4 is 15.9 Å². The molecule has 0 fully saturated rings. The molecule has 0 saturated carbocycles. The minimum Gasteiger partial charge on any atom is -0.497 e. The van der Waals surface area contributed by atoms with Crippen LogP contribution < -0.4 is 10.1 Å². The Labute approximate surface area is 134 Å². The lowest BCUT2D eigenvalue weighted by Crippen LogP contribution is -2.24. The topological polar surface area (TPSA) is 21.3 Å². The molecular weight excluding hydrogens is 326 g/mol. The number of rotatable bonds is 4. The van der Waals surface area contributed by atoms with Gasteiger partial charge in [-0.25, -0.2) is 0 Å². The van der Waals surface area contributed by atoms with E-state index in [4.69, 9.17) is 4.74 Å². The fourth-order valence-electron chi connectivity index (χ4n) is 2.96. The van der Waals surface area contributed by atoms with E-state index in [1.165, 1.54) is 36.0 Å². The van der Waals surface area contributed by atoms with Gasteiger partial charge in [-0.2, -0.15) is 0 Å². The third-order valence-corrected chi connectivity index (χ3v) is 4.66. The molecule has 2 aromatic rings. The summed E-state index contributed by atoms with van der Waals surface area (Å²) in [6.45, 7) is 0.897. The number of aryl methyl sites for hydroxylation is 1. The van der Waals surface area contributed by atoms with E-state index in [0.717, 1.165) is 16.8 Å². The van der Waals surface area contributed by atoms with Crippen molar-refractivity contribution in [3.05, 3.63) is 63.6 Å². The van der Waals surface area contributed by atoms with Crippen LogP contribution in [0.25, 0.3) is 0 Å². The fraction of sp³-hybridized carbons (Fsp3) is 0.333. The molecule has 0 radical (unpaired) electrons. The summed E-state index contributed by atoms with van der Waals surface area (Å²) in [6.07, 6.45) is 3.61. The summed E-state index contributed by atoms with van der Waals surface area (Å²) >= 11 is 3.48. The van der Waals surface area contributed by atoms with Gasteiger partial charge in [-0.1, -0.05) is 34.1 Å². The quantitative estimate of drug-likeness (QED) is 0.872. The number of hydrogen-bond donors (Lipinski definition) is 1. The second kappa shape index (κ2) is 6.63. The second-order valence-electron chi connectivity index (χ2n) is 5.52. The molecule has 0 aliphatic heterocycles. The van der Waals surface area contributed by atoms with E-state index in [1.807, 2.05) is 0 Å². The number of fused-ring (bicyclic) bond motifs is 1. The summed E-state index contributed by atoms with van der Waals surface area (Å²) in [7, 11) is 1.73. The summed E-state index contributed by atoms with van der Waals surface area (Å²) in [5.41, 5.74) is 4.17. The van der Waals surface area contributed by atoms with Crippen molar-refractivity contribution in [3.63, 3.8) is 0 Å². The van der Waals surface area contributed by atoms with E-state index in [-0.39, 0.29) is 0 Å². The van der Waals surface area contributed by atoms with Crippen molar-refractivity contribution in [2.75, 3.05) is 7.11 Å². The van der Waals surface area contributed by atoms with Gasteiger partial charge >= 0.3 is 0 Å². The Balaban J connectivity index is 1.73. The van der Waals surface area contributed by atoms with Crippen molar-refractivity contribution in [2.45, 2.75) is 31.8 Å². The highest BCUT2D eigenvalue weighted by Crippen LogP contribution is 2.32. The molecule has 21 heavy (non-hydrogen) atoms. The molecule has 3 heteroatoms. The second-order valence-corrected chi connectivity index (χ2v) is 6.43. The van der Waals surface area contributed by atoms with Crippen LogP contribution in [0.15, 0.2) is 46.9 Å². The highest BCUT2D eigenvalue weighted by Gasteiger charge is 2.20. The number of hydrogen-bond acceptors (Lipinski definition) is 2. The van der Waals surface area contributed by atoms with Crippen LogP contribution in [0.5, 0.6) is 5.75 Å². The Bertz CT molecular complexity index is 609. The number of ether oxygens (including phenoxy) is 1. The Hall–Kier alpha value is -1.32. The van der Waals surface area contributed by atoms with Crippen molar-refractivity contribution < 1.29 is 4.74 Å². The van der Waals surface area contributed by atoms with Crippen LogP contribution in [-0.4, -0.2) is 7.11 Å². The Morgan fingerprint density at radius 2 is 2.00 bits per heavy atom. The van der Waals surface area contributed by atoms with Crippen LogP contribution in [0.4, 0.5) is 0 Å². The lowest BCUT2D eigenvalue weighted by molar-refractivity contribution is 0.408. The van der Waals surface area contributed by atoms with Gasteiger partial charge in [-0.05, 0) is 60.2 Å². The first-order valence-corrected chi connectivity index (χ1v) is 8.20. The molecule has 1 aliphatic rings. The number of nitrogens with one attached hydrogen (secondary N) is 1. The lowest BCUT2D eigenvalue weighted by Gasteiger charge is -2.27. The molecule has 0 heterocycles. The van der Waals surface area contributed by atoms with E-state index in [0.29, 0.717) is 6.04 Å². The van der Waals surface area contributed by atoms with Crippen LogP contribution in [0, 0.1) is 0 Å². The standard InChI is InChI=1S/C18H20BrNO/c1-21-16-10-7-14-3-2-4-18(17(14)11-16)20-12-13-5-8-15(19)9-6-13/h5-11,18,20H,2-4,12H2,1H3. The van der Waals surface area contributed by atoms with Crippen LogP contribution in [0.1, 0.15) is 35.6 Å². The maximum absolute atomic E-state index is 5.37. The average Bonchev–Trinajstić information content (AvgIpc) is 2.54. The van der Waals surface area contributed by atoms with E-state index in [1.54, 1.807) is 7.11 Å². The zero-order valence-electron chi connectivity index (χ0n) is 12.2. The van der Waals surface area contributed by atoms with Crippen molar-refractivity contribution in [1.82, 2.24) is 5.32 Å². The summed E-state index contributed by atoms with van der Waals surface area (Å²) in [5.74, 6) is 0.950. The zero-order chi connectivity index (χ0) is 14.7. The van der Waals surface area contributed by atoms with Gasteiger partial charge in [0.1, 0.15) is 5.75 Å². The van der Waals surface area contributed by atoms with Crippen LogP contribution in [-0.2, 0) is 13.0 Å². The van der Waals surface area contributed by atoms with Gasteiger partial charge < -0.3 is 10.1 Å². The average molecular weight is 346 g/mol. The Morgan fingerprint density at radius 1 is 1.19 bits per heavy atom. The Kier molecular flexibility index (Phi) is 4.61. The number of benzene rings is 2. The molecule has 1 aliphatic carbocycles. The number of halogens is 1. The first-order valence-electron chi connectivity index (χ1n) is 7.41.